The Labute approximate surface area is 166 Å². The van der Waals surface area contributed by atoms with Crippen LogP contribution in [-0.4, -0.2) is 32.9 Å². The van der Waals surface area contributed by atoms with Crippen molar-refractivity contribution in [3.63, 3.8) is 0 Å². The Balaban J connectivity index is 1.77. The van der Waals surface area contributed by atoms with E-state index in [1.807, 2.05) is 28.8 Å². The third-order valence-corrected chi connectivity index (χ3v) is 5.78. The molecule has 1 saturated heterocycles. The van der Waals surface area contributed by atoms with Crippen molar-refractivity contribution in [2.24, 2.45) is 5.92 Å². The number of benzene rings is 2. The Bertz CT molecular complexity index is 1140. The number of fused-ring (bicyclic) bond motifs is 3. The lowest BCUT2D eigenvalue weighted by Crippen LogP contribution is -2.35. The zero-order valence-electron chi connectivity index (χ0n) is 15.1. The minimum absolute atomic E-state index is 0.683. The molecule has 0 saturated carbocycles. The van der Waals surface area contributed by atoms with E-state index >= 15 is 0 Å². The molecular weight excluding hydrogens is 402 g/mol. The molecule has 1 atom stereocenters. The fourth-order valence-electron chi connectivity index (χ4n) is 3.99. The van der Waals surface area contributed by atoms with Crippen LogP contribution in [0.15, 0.2) is 53.0 Å². The number of hydrogen-bond donors (Lipinski definition) is 0. The van der Waals surface area contributed by atoms with Crippen molar-refractivity contribution in [3.8, 4) is 11.3 Å². The summed E-state index contributed by atoms with van der Waals surface area (Å²) in [6.45, 7) is 4.41. The summed E-state index contributed by atoms with van der Waals surface area (Å²) in [6, 6.07) is 16.5. The first-order chi connectivity index (χ1) is 13.2. The molecule has 27 heavy (non-hydrogen) atoms. The maximum atomic E-state index is 5.08. The highest BCUT2D eigenvalue weighted by molar-refractivity contribution is 9.10. The molecule has 0 N–H and O–H groups in total. The lowest BCUT2D eigenvalue weighted by molar-refractivity contribution is 0.445. The largest absolute Gasteiger partial charge is 0.356 e. The summed E-state index contributed by atoms with van der Waals surface area (Å²) in [7, 11) is 0. The predicted molar refractivity (Wildman–Crippen MR) is 112 cm³/mol. The molecule has 1 unspecified atom stereocenters. The second-order valence-corrected chi connectivity index (χ2v) is 8.25. The van der Waals surface area contributed by atoms with Crippen LogP contribution in [0.3, 0.4) is 0 Å². The van der Waals surface area contributed by atoms with Gasteiger partial charge in [-0.15, -0.1) is 5.10 Å². The summed E-state index contributed by atoms with van der Waals surface area (Å²) < 4.78 is 2.88. The molecule has 0 amide bonds. The topological polar surface area (TPSA) is 46.3 Å². The van der Waals surface area contributed by atoms with Gasteiger partial charge in [0.25, 0.3) is 0 Å². The van der Waals surface area contributed by atoms with Crippen LogP contribution >= 0.6 is 15.9 Å². The summed E-state index contributed by atoms with van der Waals surface area (Å²) in [5.41, 5.74) is 3.68. The Kier molecular flexibility index (Phi) is 4.08. The quantitative estimate of drug-likeness (QED) is 0.459. The number of nitrogens with zero attached hydrogens (tertiary/aromatic N) is 5. The predicted octanol–water partition coefficient (Wildman–Crippen LogP) is 4.94. The molecule has 6 heteroatoms. The van der Waals surface area contributed by atoms with Gasteiger partial charge in [0.1, 0.15) is 11.5 Å². The SMILES string of the molecule is CC1CCCN(c2nc3c(-c4cccc(Br)c4)nnn3c3ccccc23)C1. The van der Waals surface area contributed by atoms with Gasteiger partial charge in [-0.3, -0.25) is 0 Å². The molecular formula is C21H20BrN5. The van der Waals surface area contributed by atoms with Crippen molar-refractivity contribution in [2.45, 2.75) is 19.8 Å². The third-order valence-electron chi connectivity index (χ3n) is 5.29. The highest BCUT2D eigenvalue weighted by Gasteiger charge is 2.22. The van der Waals surface area contributed by atoms with Crippen molar-refractivity contribution in [3.05, 3.63) is 53.0 Å². The Morgan fingerprint density at radius 3 is 2.85 bits per heavy atom. The number of anilines is 1. The number of rotatable bonds is 2. The lowest BCUT2D eigenvalue weighted by atomic mass is 10.00. The molecule has 1 aliphatic rings. The molecule has 2 aromatic heterocycles. The van der Waals surface area contributed by atoms with Crippen LogP contribution in [0.1, 0.15) is 19.8 Å². The van der Waals surface area contributed by atoms with Crippen molar-refractivity contribution >= 4 is 38.3 Å². The van der Waals surface area contributed by atoms with E-state index in [0.717, 1.165) is 51.2 Å². The Hall–Kier alpha value is -2.47. The van der Waals surface area contributed by atoms with Gasteiger partial charge in [0, 0.05) is 28.5 Å². The van der Waals surface area contributed by atoms with E-state index in [1.165, 1.54) is 12.8 Å². The summed E-state index contributed by atoms with van der Waals surface area (Å²) in [6.07, 6.45) is 2.49. The van der Waals surface area contributed by atoms with E-state index in [2.05, 4.69) is 62.3 Å². The van der Waals surface area contributed by atoms with Crippen molar-refractivity contribution in [2.75, 3.05) is 18.0 Å². The number of halogens is 1. The van der Waals surface area contributed by atoms with Gasteiger partial charge in [-0.05, 0) is 43.0 Å². The summed E-state index contributed by atoms with van der Waals surface area (Å²) in [4.78, 5) is 7.50. The molecule has 4 aromatic rings. The first kappa shape index (κ1) is 16.7. The van der Waals surface area contributed by atoms with Gasteiger partial charge in [-0.1, -0.05) is 52.3 Å². The minimum Gasteiger partial charge on any atom is -0.356 e. The van der Waals surface area contributed by atoms with Crippen LogP contribution in [-0.2, 0) is 0 Å². The third kappa shape index (κ3) is 2.88. The molecule has 0 aliphatic carbocycles. The van der Waals surface area contributed by atoms with Crippen LogP contribution < -0.4 is 4.90 Å². The molecule has 1 aliphatic heterocycles. The monoisotopic (exact) mass is 421 g/mol. The van der Waals surface area contributed by atoms with E-state index in [0.29, 0.717) is 5.92 Å². The fourth-order valence-corrected chi connectivity index (χ4v) is 4.39. The van der Waals surface area contributed by atoms with Crippen LogP contribution in [0, 0.1) is 5.92 Å². The van der Waals surface area contributed by atoms with Gasteiger partial charge in [-0.2, -0.15) is 4.52 Å². The lowest BCUT2D eigenvalue weighted by Gasteiger charge is -2.32. The van der Waals surface area contributed by atoms with Gasteiger partial charge >= 0.3 is 0 Å². The van der Waals surface area contributed by atoms with Gasteiger partial charge in [-0.25, -0.2) is 4.98 Å². The molecule has 2 aromatic carbocycles. The van der Waals surface area contributed by atoms with Crippen LogP contribution in [0.25, 0.3) is 27.8 Å². The average Bonchev–Trinajstić information content (AvgIpc) is 3.11. The molecule has 5 nitrogen and oxygen atoms in total. The van der Waals surface area contributed by atoms with Crippen LogP contribution in [0.5, 0.6) is 0 Å². The normalized spacial score (nSPS) is 17.7. The molecule has 136 valence electrons. The maximum Gasteiger partial charge on any atom is 0.186 e. The fraction of sp³-hybridized carbons (Fsp3) is 0.286. The average molecular weight is 422 g/mol. The summed E-state index contributed by atoms with van der Waals surface area (Å²) in [5, 5.41) is 10.0. The zero-order chi connectivity index (χ0) is 18.4. The van der Waals surface area contributed by atoms with Crippen LogP contribution in [0.4, 0.5) is 5.82 Å². The van der Waals surface area contributed by atoms with E-state index in [1.54, 1.807) is 0 Å². The number of piperidine rings is 1. The summed E-state index contributed by atoms with van der Waals surface area (Å²) >= 11 is 3.55. The molecule has 5 rings (SSSR count). The van der Waals surface area contributed by atoms with E-state index in [-0.39, 0.29) is 0 Å². The highest BCUT2D eigenvalue weighted by Crippen LogP contribution is 2.32. The van der Waals surface area contributed by atoms with Crippen molar-refractivity contribution in [1.29, 1.82) is 0 Å². The second-order valence-electron chi connectivity index (χ2n) is 7.33. The number of hydrogen-bond acceptors (Lipinski definition) is 4. The van der Waals surface area contributed by atoms with E-state index < -0.39 is 0 Å². The smallest absolute Gasteiger partial charge is 0.186 e. The zero-order valence-corrected chi connectivity index (χ0v) is 16.7. The molecule has 0 radical (unpaired) electrons. The number of aromatic nitrogens is 4. The summed E-state index contributed by atoms with van der Waals surface area (Å²) in [5.74, 6) is 1.73. The Morgan fingerprint density at radius 1 is 1.11 bits per heavy atom. The second kappa shape index (κ2) is 6.60. The van der Waals surface area contributed by atoms with Crippen LogP contribution in [0.2, 0.25) is 0 Å². The van der Waals surface area contributed by atoms with Crippen molar-refractivity contribution < 1.29 is 0 Å². The standard InChI is InChI=1S/C21H20BrN5/c1-14-6-5-11-26(13-14)20-17-9-2-3-10-18(17)27-21(23-20)19(24-25-27)15-7-4-8-16(22)12-15/h2-4,7-10,12,14H,5-6,11,13H2,1H3. The van der Waals surface area contributed by atoms with Crippen molar-refractivity contribution in [1.82, 2.24) is 19.8 Å². The first-order valence-corrected chi connectivity index (χ1v) is 10.1. The van der Waals surface area contributed by atoms with E-state index in [9.17, 15) is 0 Å². The van der Waals surface area contributed by atoms with Gasteiger partial charge in [0.15, 0.2) is 5.65 Å². The molecule has 0 spiro atoms. The van der Waals surface area contributed by atoms with Gasteiger partial charge in [0.2, 0.25) is 0 Å². The first-order valence-electron chi connectivity index (χ1n) is 9.36. The maximum absolute atomic E-state index is 5.08. The van der Waals surface area contributed by atoms with Gasteiger partial charge < -0.3 is 4.90 Å². The van der Waals surface area contributed by atoms with E-state index in [4.69, 9.17) is 4.98 Å². The minimum atomic E-state index is 0.683. The highest BCUT2D eigenvalue weighted by atomic mass is 79.9. The Morgan fingerprint density at radius 2 is 2.00 bits per heavy atom. The van der Waals surface area contributed by atoms with Gasteiger partial charge in [0.05, 0.1) is 5.52 Å². The molecule has 3 heterocycles. The number of para-hydroxylation sites is 1. The molecule has 1 fully saturated rings. The molecule has 0 bridgehead atoms.